The van der Waals surface area contributed by atoms with E-state index in [1.54, 1.807) is 6.07 Å². The Balaban J connectivity index is 2.68. The fraction of sp³-hybridized carbons (Fsp3) is 0.562. The van der Waals surface area contributed by atoms with Crippen LogP contribution in [0.4, 0.5) is 0 Å². The van der Waals surface area contributed by atoms with Crippen molar-refractivity contribution >= 4 is 17.5 Å². The van der Waals surface area contributed by atoms with E-state index in [0.717, 1.165) is 5.56 Å². The fourth-order valence-corrected chi connectivity index (χ4v) is 2.07. The van der Waals surface area contributed by atoms with E-state index in [-0.39, 0.29) is 24.6 Å². The van der Waals surface area contributed by atoms with Gasteiger partial charge < -0.3 is 15.8 Å². The van der Waals surface area contributed by atoms with Crippen LogP contribution in [-0.4, -0.2) is 24.6 Å². The van der Waals surface area contributed by atoms with E-state index >= 15 is 0 Å². The highest BCUT2D eigenvalue weighted by Gasteiger charge is 2.14. The number of nitrogens with one attached hydrogen (secondary N) is 1. The van der Waals surface area contributed by atoms with Crippen LogP contribution < -0.4 is 15.8 Å². The average molecular weight is 313 g/mol. The topological polar surface area (TPSA) is 64.3 Å². The normalized spacial score (nSPS) is 13.9. The lowest BCUT2D eigenvalue weighted by Crippen LogP contribution is -2.39. The van der Waals surface area contributed by atoms with Crippen LogP contribution in [0.1, 0.15) is 33.3 Å². The van der Waals surface area contributed by atoms with Crippen molar-refractivity contribution in [1.82, 2.24) is 5.32 Å². The second kappa shape index (κ2) is 8.25. The number of halogens is 1. The maximum absolute atomic E-state index is 11.9. The van der Waals surface area contributed by atoms with Gasteiger partial charge in [-0.25, -0.2) is 0 Å². The fourth-order valence-electron chi connectivity index (χ4n) is 1.82. The van der Waals surface area contributed by atoms with Crippen LogP contribution in [0.5, 0.6) is 5.75 Å². The number of nitrogens with two attached hydrogens (primary N) is 1. The first-order valence-electron chi connectivity index (χ1n) is 7.26. The van der Waals surface area contributed by atoms with Gasteiger partial charge in [-0.3, -0.25) is 4.79 Å². The Kier molecular flexibility index (Phi) is 6.99. The maximum Gasteiger partial charge on any atom is 0.258 e. The number of rotatable bonds is 7. The third-order valence-electron chi connectivity index (χ3n) is 3.33. The molecule has 3 N–H and O–H groups in total. The first-order valence-corrected chi connectivity index (χ1v) is 7.64. The number of hydrogen-bond donors (Lipinski definition) is 2. The summed E-state index contributed by atoms with van der Waals surface area (Å²) in [6.45, 7) is 7.95. The molecule has 0 heterocycles. The molecule has 0 saturated carbocycles. The molecule has 4 nitrogen and oxygen atoms in total. The Morgan fingerprint density at radius 3 is 2.57 bits per heavy atom. The molecule has 2 atom stereocenters. The van der Waals surface area contributed by atoms with Crippen LogP contribution >= 0.6 is 11.6 Å². The van der Waals surface area contributed by atoms with Crippen LogP contribution in [0.15, 0.2) is 18.2 Å². The third kappa shape index (κ3) is 5.94. The second-order valence-electron chi connectivity index (χ2n) is 5.80. The van der Waals surface area contributed by atoms with Crippen LogP contribution in [0, 0.1) is 5.92 Å². The number of hydrogen-bond acceptors (Lipinski definition) is 3. The number of para-hydroxylation sites is 1. The summed E-state index contributed by atoms with van der Waals surface area (Å²) in [5.41, 5.74) is 6.74. The molecule has 118 valence electrons. The Morgan fingerprint density at radius 2 is 2.00 bits per heavy atom. The minimum absolute atomic E-state index is 0.000561. The molecular weight excluding hydrogens is 288 g/mol. The molecule has 5 heteroatoms. The lowest BCUT2D eigenvalue weighted by Gasteiger charge is -2.18. The number of ether oxygens (including phenoxy) is 1. The highest BCUT2D eigenvalue weighted by molar-refractivity contribution is 6.32. The van der Waals surface area contributed by atoms with Crippen LogP contribution in [-0.2, 0) is 11.2 Å². The summed E-state index contributed by atoms with van der Waals surface area (Å²) in [5.74, 6) is 0.773. The van der Waals surface area contributed by atoms with Crippen molar-refractivity contribution in [3.05, 3.63) is 28.8 Å². The molecule has 0 aliphatic heterocycles. The number of amides is 1. The molecular formula is C16H25ClN2O2. The summed E-state index contributed by atoms with van der Waals surface area (Å²) in [6, 6.07) is 5.62. The average Bonchev–Trinajstić information content (AvgIpc) is 2.37. The van der Waals surface area contributed by atoms with Gasteiger partial charge in [0.15, 0.2) is 6.61 Å². The smallest absolute Gasteiger partial charge is 0.258 e. The molecule has 0 radical (unpaired) electrons. The van der Waals surface area contributed by atoms with Gasteiger partial charge in [-0.05, 0) is 37.8 Å². The van der Waals surface area contributed by atoms with Gasteiger partial charge in [-0.15, -0.1) is 0 Å². The van der Waals surface area contributed by atoms with Gasteiger partial charge in [0.25, 0.3) is 5.91 Å². The molecule has 21 heavy (non-hydrogen) atoms. The van der Waals surface area contributed by atoms with Crippen molar-refractivity contribution in [2.45, 2.75) is 46.2 Å². The van der Waals surface area contributed by atoms with E-state index in [2.05, 4.69) is 19.2 Å². The highest BCUT2D eigenvalue weighted by atomic mass is 35.5. The van der Waals surface area contributed by atoms with Crippen LogP contribution in [0.2, 0.25) is 5.02 Å². The summed E-state index contributed by atoms with van der Waals surface area (Å²) in [5, 5.41) is 3.40. The first kappa shape index (κ1) is 17.8. The maximum atomic E-state index is 11.9. The van der Waals surface area contributed by atoms with Gasteiger partial charge in [0.05, 0.1) is 5.02 Å². The lowest BCUT2D eigenvalue weighted by molar-refractivity contribution is -0.124. The molecule has 0 aliphatic rings. The Hall–Kier alpha value is -1.26. The van der Waals surface area contributed by atoms with Crippen molar-refractivity contribution in [3.8, 4) is 5.75 Å². The van der Waals surface area contributed by atoms with Crippen LogP contribution in [0.25, 0.3) is 0 Å². The lowest BCUT2D eigenvalue weighted by atomic mass is 10.1. The van der Waals surface area contributed by atoms with Crippen molar-refractivity contribution < 1.29 is 9.53 Å². The van der Waals surface area contributed by atoms with Crippen molar-refractivity contribution in [2.75, 3.05) is 6.61 Å². The first-order chi connectivity index (χ1) is 9.81. The molecule has 2 unspecified atom stereocenters. The summed E-state index contributed by atoms with van der Waals surface area (Å²) < 4.78 is 5.61. The molecule has 1 aromatic carbocycles. The van der Waals surface area contributed by atoms with Gasteiger partial charge >= 0.3 is 0 Å². The Morgan fingerprint density at radius 1 is 1.33 bits per heavy atom. The van der Waals surface area contributed by atoms with Crippen LogP contribution in [0.3, 0.4) is 0 Å². The quantitative estimate of drug-likeness (QED) is 0.813. The molecule has 1 amide bonds. The van der Waals surface area contributed by atoms with E-state index in [1.807, 2.05) is 26.0 Å². The predicted octanol–water partition coefficient (Wildman–Crippen LogP) is 2.77. The minimum atomic E-state index is -0.150. The number of carbonyl (C=O) groups excluding carboxylic acids is 1. The van der Waals surface area contributed by atoms with Gasteiger partial charge in [0, 0.05) is 12.1 Å². The Bertz CT molecular complexity index is 475. The molecule has 0 aliphatic carbocycles. The second-order valence-corrected chi connectivity index (χ2v) is 6.21. The summed E-state index contributed by atoms with van der Waals surface area (Å²) in [6.07, 6.45) is 0.653. The largest absolute Gasteiger partial charge is 0.482 e. The molecule has 0 aromatic heterocycles. The van der Waals surface area contributed by atoms with Crippen molar-refractivity contribution in [2.24, 2.45) is 11.7 Å². The SMILES string of the molecule is CC(N)Cc1cccc(Cl)c1OCC(=O)NC(C)C(C)C. The van der Waals surface area contributed by atoms with Gasteiger partial charge in [0.2, 0.25) is 0 Å². The summed E-state index contributed by atoms with van der Waals surface area (Å²) >= 11 is 6.15. The van der Waals surface area contributed by atoms with E-state index in [1.165, 1.54) is 0 Å². The molecule has 0 saturated heterocycles. The summed E-state index contributed by atoms with van der Waals surface area (Å²) in [4.78, 5) is 11.9. The third-order valence-corrected chi connectivity index (χ3v) is 3.62. The number of benzene rings is 1. The minimum Gasteiger partial charge on any atom is -0.482 e. The van der Waals surface area contributed by atoms with E-state index < -0.39 is 0 Å². The van der Waals surface area contributed by atoms with Crippen molar-refractivity contribution in [1.29, 1.82) is 0 Å². The zero-order valence-corrected chi connectivity index (χ0v) is 13.9. The monoisotopic (exact) mass is 312 g/mol. The molecule has 0 bridgehead atoms. The highest BCUT2D eigenvalue weighted by Crippen LogP contribution is 2.29. The molecule has 1 rings (SSSR count). The zero-order valence-electron chi connectivity index (χ0n) is 13.2. The van der Waals surface area contributed by atoms with Gasteiger partial charge in [0.1, 0.15) is 5.75 Å². The van der Waals surface area contributed by atoms with E-state index in [9.17, 15) is 4.79 Å². The zero-order chi connectivity index (χ0) is 16.0. The van der Waals surface area contributed by atoms with Gasteiger partial charge in [-0.1, -0.05) is 37.6 Å². The number of carbonyl (C=O) groups is 1. The van der Waals surface area contributed by atoms with E-state index in [0.29, 0.717) is 23.1 Å². The standard InChI is InChI=1S/C16H25ClN2O2/c1-10(2)12(4)19-15(20)9-21-16-13(8-11(3)18)6-5-7-14(16)17/h5-7,10-12H,8-9,18H2,1-4H3,(H,19,20). The van der Waals surface area contributed by atoms with Gasteiger partial charge in [-0.2, -0.15) is 0 Å². The summed E-state index contributed by atoms with van der Waals surface area (Å²) in [7, 11) is 0. The Labute approximate surface area is 132 Å². The molecule has 0 fully saturated rings. The molecule has 0 spiro atoms. The predicted molar refractivity (Wildman–Crippen MR) is 86.7 cm³/mol. The van der Waals surface area contributed by atoms with Crippen molar-refractivity contribution in [3.63, 3.8) is 0 Å². The molecule has 1 aromatic rings. The van der Waals surface area contributed by atoms with E-state index in [4.69, 9.17) is 22.1 Å².